The minimum absolute atomic E-state index is 0.0544. The average Bonchev–Trinajstić information content (AvgIpc) is 3.29. The number of nitrogens with one attached hydrogen (secondary N) is 1. The molecule has 1 amide bonds. The minimum atomic E-state index is -1.59. The summed E-state index contributed by atoms with van der Waals surface area (Å²) in [4.78, 5) is 24.9. The number of carbonyl (C=O) groups excluding carboxylic acids is 2. The number of esters is 1. The Bertz CT molecular complexity index is 1250. The average molecular weight is 904 g/mol. The first kappa shape index (κ1) is 59.4. The van der Waals surface area contributed by atoms with Gasteiger partial charge in [0.15, 0.2) is 6.29 Å². The maximum Gasteiger partial charge on any atom is 0.305 e. The quantitative estimate of drug-likeness (QED) is 0.0150. The van der Waals surface area contributed by atoms with Gasteiger partial charge >= 0.3 is 5.97 Å². The maximum absolute atomic E-state index is 12.9. The third-order valence-corrected chi connectivity index (χ3v) is 11.6. The van der Waals surface area contributed by atoms with Crippen LogP contribution >= 0.6 is 0 Å². The van der Waals surface area contributed by atoms with Crippen LogP contribution in [0.5, 0.6) is 0 Å². The van der Waals surface area contributed by atoms with E-state index in [2.05, 4.69) is 67.8 Å². The number of rotatable bonds is 42. The Morgan fingerprint density at radius 2 is 1.08 bits per heavy atom. The van der Waals surface area contributed by atoms with E-state index < -0.39 is 49.5 Å². The number of hydrogen-bond donors (Lipinski definition) is 6. The molecule has 64 heavy (non-hydrogen) atoms. The molecule has 1 saturated heterocycles. The van der Waals surface area contributed by atoms with Gasteiger partial charge in [-0.25, -0.2) is 0 Å². The monoisotopic (exact) mass is 904 g/mol. The lowest BCUT2D eigenvalue weighted by atomic mass is 9.99. The van der Waals surface area contributed by atoms with Gasteiger partial charge in [0.25, 0.3) is 0 Å². The fraction of sp³-hybridized carbons (Fsp3) is 0.774. The van der Waals surface area contributed by atoms with Crippen molar-refractivity contribution in [2.75, 3.05) is 19.8 Å². The van der Waals surface area contributed by atoms with Crippen molar-refractivity contribution in [3.05, 3.63) is 60.8 Å². The topological polar surface area (TPSA) is 175 Å². The molecule has 0 aliphatic carbocycles. The largest absolute Gasteiger partial charge is 0.466 e. The van der Waals surface area contributed by atoms with Gasteiger partial charge in [0, 0.05) is 12.8 Å². The molecular weight excluding hydrogens is 811 g/mol. The highest BCUT2D eigenvalue weighted by Gasteiger charge is 2.44. The van der Waals surface area contributed by atoms with Gasteiger partial charge in [-0.2, -0.15) is 0 Å². The molecule has 11 nitrogen and oxygen atoms in total. The molecule has 0 aromatic carbocycles. The molecule has 0 aromatic rings. The summed E-state index contributed by atoms with van der Waals surface area (Å²) in [6.45, 7) is 4.15. The Hall–Kier alpha value is -2.64. The minimum Gasteiger partial charge on any atom is -0.466 e. The first-order chi connectivity index (χ1) is 31.2. The molecule has 0 radical (unpaired) electrons. The lowest BCUT2D eigenvalue weighted by Crippen LogP contribution is -2.60. The summed E-state index contributed by atoms with van der Waals surface area (Å²) >= 11 is 0. The normalized spacial score (nSPS) is 20.4. The predicted molar refractivity (Wildman–Crippen MR) is 260 cm³/mol. The Labute approximate surface area is 388 Å². The highest BCUT2D eigenvalue weighted by Crippen LogP contribution is 2.22. The number of aliphatic hydroxyl groups is 5. The predicted octanol–water partition coefficient (Wildman–Crippen LogP) is 10.3. The van der Waals surface area contributed by atoms with Gasteiger partial charge in [-0.3, -0.25) is 9.59 Å². The zero-order valence-electron chi connectivity index (χ0n) is 40.2. The molecule has 7 atom stereocenters. The summed E-state index contributed by atoms with van der Waals surface area (Å²) < 4.78 is 16.6. The van der Waals surface area contributed by atoms with Gasteiger partial charge in [0.1, 0.15) is 24.4 Å². The number of aliphatic hydroxyl groups excluding tert-OH is 5. The van der Waals surface area contributed by atoms with E-state index in [9.17, 15) is 35.1 Å². The van der Waals surface area contributed by atoms with Crippen molar-refractivity contribution in [2.24, 2.45) is 0 Å². The molecule has 0 spiro atoms. The molecule has 1 rings (SSSR count). The number of unbranched alkanes of at least 4 members (excludes halogenated alkanes) is 21. The van der Waals surface area contributed by atoms with Crippen molar-refractivity contribution in [3.63, 3.8) is 0 Å². The van der Waals surface area contributed by atoms with Crippen molar-refractivity contribution < 1.29 is 49.3 Å². The van der Waals surface area contributed by atoms with E-state index in [-0.39, 0.29) is 18.5 Å². The summed E-state index contributed by atoms with van der Waals surface area (Å²) in [7, 11) is 0. The number of amides is 1. The third-order valence-electron chi connectivity index (χ3n) is 11.6. The number of ether oxygens (including phenoxy) is 3. The summed E-state index contributed by atoms with van der Waals surface area (Å²) in [5.74, 6) is -0.273. The van der Waals surface area contributed by atoms with Gasteiger partial charge in [-0.1, -0.05) is 152 Å². The molecule has 1 fully saturated rings. The van der Waals surface area contributed by atoms with Gasteiger partial charge in [-0.05, 0) is 96.3 Å². The molecule has 0 aromatic heterocycles. The van der Waals surface area contributed by atoms with Crippen molar-refractivity contribution >= 4 is 11.9 Å². The Morgan fingerprint density at radius 3 is 1.69 bits per heavy atom. The smallest absolute Gasteiger partial charge is 0.305 e. The van der Waals surface area contributed by atoms with Crippen molar-refractivity contribution in [1.82, 2.24) is 5.32 Å². The molecule has 0 bridgehead atoms. The van der Waals surface area contributed by atoms with Gasteiger partial charge in [0.05, 0.1) is 32.0 Å². The van der Waals surface area contributed by atoms with E-state index in [4.69, 9.17) is 14.2 Å². The summed E-state index contributed by atoms with van der Waals surface area (Å²) in [5.41, 5.74) is 0. The van der Waals surface area contributed by atoms with E-state index >= 15 is 0 Å². The zero-order valence-corrected chi connectivity index (χ0v) is 40.2. The van der Waals surface area contributed by atoms with Crippen LogP contribution in [0.1, 0.15) is 200 Å². The Morgan fingerprint density at radius 1 is 0.578 bits per heavy atom. The maximum atomic E-state index is 12.9. The van der Waals surface area contributed by atoms with Crippen LogP contribution in [-0.4, -0.2) is 100 Å². The van der Waals surface area contributed by atoms with E-state index in [1.807, 2.05) is 6.08 Å². The highest BCUT2D eigenvalue weighted by molar-refractivity contribution is 5.76. The van der Waals surface area contributed by atoms with Crippen molar-refractivity contribution in [1.29, 1.82) is 0 Å². The molecule has 370 valence electrons. The SMILES string of the molecule is CCCC/C=C\CCCCCCCC(=O)OCCCCC/C=C\C=C/CCCCCCCCC(=O)NC(COC1OC(CO)C(O)C(O)C1O)C(O)/C=C/CC/C=C/CCCCCC. The number of allylic oxidation sites excluding steroid dienone is 9. The first-order valence-corrected chi connectivity index (χ1v) is 25.6. The lowest BCUT2D eigenvalue weighted by molar-refractivity contribution is -0.302. The van der Waals surface area contributed by atoms with E-state index in [1.165, 1.54) is 70.6 Å². The van der Waals surface area contributed by atoms with E-state index in [1.54, 1.807) is 6.08 Å². The molecule has 11 heteroatoms. The first-order valence-electron chi connectivity index (χ1n) is 25.6. The van der Waals surface area contributed by atoms with Crippen LogP contribution in [0, 0.1) is 0 Å². The molecule has 7 unspecified atom stereocenters. The summed E-state index contributed by atoms with van der Waals surface area (Å²) in [6.07, 6.45) is 43.1. The Balaban J connectivity index is 2.20. The lowest BCUT2D eigenvalue weighted by Gasteiger charge is -2.40. The van der Waals surface area contributed by atoms with Crippen LogP contribution < -0.4 is 5.32 Å². The molecular formula is C53H93NO10. The second kappa shape index (κ2) is 43.0. The number of carbonyl (C=O) groups is 2. The van der Waals surface area contributed by atoms with Crippen LogP contribution in [-0.2, 0) is 23.8 Å². The third kappa shape index (κ3) is 32.9. The molecule has 1 aliphatic heterocycles. The molecule has 0 saturated carbocycles. The summed E-state index contributed by atoms with van der Waals surface area (Å²) in [6, 6.07) is -0.844. The van der Waals surface area contributed by atoms with Crippen LogP contribution in [0.15, 0.2) is 60.8 Å². The van der Waals surface area contributed by atoms with Gasteiger partial charge in [0.2, 0.25) is 5.91 Å². The van der Waals surface area contributed by atoms with E-state index in [0.717, 1.165) is 103 Å². The second-order valence-corrected chi connectivity index (χ2v) is 17.5. The fourth-order valence-electron chi connectivity index (χ4n) is 7.42. The van der Waals surface area contributed by atoms with Crippen molar-refractivity contribution in [3.8, 4) is 0 Å². The van der Waals surface area contributed by atoms with E-state index in [0.29, 0.717) is 19.4 Å². The number of hydrogen-bond acceptors (Lipinski definition) is 10. The summed E-state index contributed by atoms with van der Waals surface area (Å²) in [5, 5.41) is 54.1. The Kier molecular flexibility index (Phi) is 39.9. The zero-order chi connectivity index (χ0) is 46.7. The standard InChI is InChI=1S/C53H93NO10/c1-3-5-7-9-11-13-20-25-29-33-37-41-49(58)62-42-38-34-30-26-22-19-17-15-16-18-21-24-28-32-36-40-48(57)54-45(44-63-53-52(61)51(60)50(59)47(43-55)64-53)46(56)39-35-31-27-23-14-12-10-8-6-4-2/h9,11,14-15,17,19,22-23,35,39,45-47,50-53,55-56,59-61H,3-8,10,12-13,16,18,20-21,24-34,36-38,40-44H2,1-2H3,(H,54,57)/b11-9-,17-15-,22-19-,23-14+,39-35+. The highest BCUT2D eigenvalue weighted by atomic mass is 16.7. The van der Waals surface area contributed by atoms with Gasteiger partial charge < -0.3 is 45.1 Å². The van der Waals surface area contributed by atoms with Gasteiger partial charge in [-0.15, -0.1) is 0 Å². The second-order valence-electron chi connectivity index (χ2n) is 17.5. The van der Waals surface area contributed by atoms with Crippen molar-refractivity contribution in [2.45, 2.75) is 243 Å². The van der Waals surface area contributed by atoms with Crippen LogP contribution in [0.4, 0.5) is 0 Å². The molecule has 1 aliphatic rings. The van der Waals surface area contributed by atoms with Crippen LogP contribution in [0.25, 0.3) is 0 Å². The molecule has 6 N–H and O–H groups in total. The molecule has 1 heterocycles. The van der Waals surface area contributed by atoms with Crippen LogP contribution in [0.2, 0.25) is 0 Å². The van der Waals surface area contributed by atoms with Crippen LogP contribution in [0.3, 0.4) is 0 Å². The fourth-order valence-corrected chi connectivity index (χ4v) is 7.42.